The number of hydrogen-bond acceptors (Lipinski definition) is 5. The number of benzene rings is 1. The van der Waals surface area contributed by atoms with E-state index in [4.69, 9.17) is 14.2 Å². The molecule has 1 aromatic rings. The SMILES string of the molecule is CCCCN=C(NC(=O)c1ccc2c(c1)OCO2)OCC(C)C. The van der Waals surface area contributed by atoms with Crippen LogP contribution in [0, 0.1) is 5.92 Å². The van der Waals surface area contributed by atoms with Crippen molar-refractivity contribution in [2.45, 2.75) is 33.6 Å². The van der Waals surface area contributed by atoms with Gasteiger partial charge < -0.3 is 14.2 Å². The minimum Gasteiger partial charge on any atom is -0.465 e. The van der Waals surface area contributed by atoms with Crippen LogP contribution in [0.25, 0.3) is 0 Å². The summed E-state index contributed by atoms with van der Waals surface area (Å²) in [5, 5.41) is 2.73. The highest BCUT2D eigenvalue weighted by atomic mass is 16.7. The van der Waals surface area contributed by atoms with E-state index in [0.29, 0.717) is 36.1 Å². The maximum Gasteiger partial charge on any atom is 0.291 e. The maximum absolute atomic E-state index is 12.4. The van der Waals surface area contributed by atoms with E-state index in [-0.39, 0.29) is 18.7 Å². The average molecular weight is 320 g/mol. The van der Waals surface area contributed by atoms with Gasteiger partial charge in [0.05, 0.1) is 6.61 Å². The van der Waals surface area contributed by atoms with Crippen LogP contribution in [-0.4, -0.2) is 31.9 Å². The third-order valence-corrected chi connectivity index (χ3v) is 3.18. The van der Waals surface area contributed by atoms with Crippen molar-refractivity contribution in [3.63, 3.8) is 0 Å². The third-order valence-electron chi connectivity index (χ3n) is 3.18. The fourth-order valence-electron chi connectivity index (χ4n) is 1.91. The molecule has 0 saturated heterocycles. The van der Waals surface area contributed by atoms with Gasteiger partial charge in [-0.25, -0.2) is 4.99 Å². The maximum atomic E-state index is 12.4. The van der Waals surface area contributed by atoms with Crippen molar-refractivity contribution in [2.75, 3.05) is 19.9 Å². The Morgan fingerprint density at radius 1 is 1.35 bits per heavy atom. The molecule has 0 fully saturated rings. The summed E-state index contributed by atoms with van der Waals surface area (Å²) in [6.07, 6.45) is 1.99. The van der Waals surface area contributed by atoms with E-state index in [2.05, 4.69) is 17.2 Å². The van der Waals surface area contributed by atoms with Gasteiger partial charge in [0.2, 0.25) is 6.79 Å². The zero-order valence-corrected chi connectivity index (χ0v) is 13.9. The summed E-state index contributed by atoms with van der Waals surface area (Å²) in [7, 11) is 0. The van der Waals surface area contributed by atoms with Crippen LogP contribution in [-0.2, 0) is 4.74 Å². The molecule has 6 nitrogen and oxygen atoms in total. The predicted octanol–water partition coefficient (Wildman–Crippen LogP) is 2.97. The lowest BCUT2D eigenvalue weighted by Crippen LogP contribution is -2.33. The third kappa shape index (κ3) is 5.16. The molecule has 23 heavy (non-hydrogen) atoms. The second kappa shape index (κ2) is 8.41. The molecule has 2 rings (SSSR count). The van der Waals surface area contributed by atoms with Crippen LogP contribution < -0.4 is 14.8 Å². The van der Waals surface area contributed by atoms with Gasteiger partial charge in [-0.15, -0.1) is 0 Å². The molecule has 0 radical (unpaired) electrons. The van der Waals surface area contributed by atoms with Gasteiger partial charge in [0.15, 0.2) is 11.5 Å². The van der Waals surface area contributed by atoms with Gasteiger partial charge >= 0.3 is 0 Å². The number of carbonyl (C=O) groups excluding carboxylic acids is 1. The Morgan fingerprint density at radius 3 is 2.87 bits per heavy atom. The van der Waals surface area contributed by atoms with E-state index in [1.807, 2.05) is 13.8 Å². The minimum atomic E-state index is -0.276. The number of nitrogens with one attached hydrogen (secondary N) is 1. The van der Waals surface area contributed by atoms with Crippen LogP contribution >= 0.6 is 0 Å². The monoisotopic (exact) mass is 320 g/mol. The number of amides is 1. The molecule has 1 heterocycles. The quantitative estimate of drug-likeness (QED) is 0.497. The lowest BCUT2D eigenvalue weighted by Gasteiger charge is -2.12. The number of ether oxygens (including phenoxy) is 3. The van der Waals surface area contributed by atoms with Crippen molar-refractivity contribution in [3.05, 3.63) is 23.8 Å². The standard InChI is InChI=1S/C17H24N2O4/c1-4-5-8-18-17(21-10-12(2)3)19-16(20)13-6-7-14-15(9-13)23-11-22-14/h6-7,9,12H,4-5,8,10-11H2,1-3H3,(H,18,19,20). The molecule has 0 saturated carbocycles. The molecule has 1 aliphatic heterocycles. The van der Waals surface area contributed by atoms with Crippen LogP contribution in [0.1, 0.15) is 44.0 Å². The van der Waals surface area contributed by atoms with Crippen LogP contribution in [0.15, 0.2) is 23.2 Å². The Hall–Kier alpha value is -2.24. The molecule has 0 bridgehead atoms. The number of unbranched alkanes of at least 4 members (excludes halogenated alkanes) is 1. The first-order valence-corrected chi connectivity index (χ1v) is 7.98. The molecule has 0 spiro atoms. The van der Waals surface area contributed by atoms with Crippen LogP contribution in [0.2, 0.25) is 0 Å². The summed E-state index contributed by atoms with van der Waals surface area (Å²) >= 11 is 0. The lowest BCUT2D eigenvalue weighted by molar-refractivity contribution is 0.0962. The number of fused-ring (bicyclic) bond motifs is 1. The minimum absolute atomic E-state index is 0.182. The van der Waals surface area contributed by atoms with Gasteiger partial charge in [-0.1, -0.05) is 27.2 Å². The Labute approximate surface area is 136 Å². The van der Waals surface area contributed by atoms with E-state index in [9.17, 15) is 4.79 Å². The summed E-state index contributed by atoms with van der Waals surface area (Å²) in [6, 6.07) is 5.34. The van der Waals surface area contributed by atoms with E-state index >= 15 is 0 Å². The summed E-state index contributed by atoms with van der Waals surface area (Å²) in [4.78, 5) is 16.7. The second-order valence-electron chi connectivity index (χ2n) is 5.77. The van der Waals surface area contributed by atoms with Crippen molar-refractivity contribution in [1.82, 2.24) is 5.32 Å². The first kappa shape index (κ1) is 17.1. The summed E-state index contributed by atoms with van der Waals surface area (Å²) < 4.78 is 16.1. The number of nitrogens with zero attached hydrogens (tertiary/aromatic N) is 1. The molecule has 6 heteroatoms. The summed E-state index contributed by atoms with van der Waals surface area (Å²) in [5.41, 5.74) is 0.477. The molecule has 1 aliphatic rings. The van der Waals surface area contributed by atoms with Crippen molar-refractivity contribution in [2.24, 2.45) is 10.9 Å². The van der Waals surface area contributed by atoms with Crippen molar-refractivity contribution >= 4 is 11.9 Å². The highest BCUT2D eigenvalue weighted by Gasteiger charge is 2.17. The van der Waals surface area contributed by atoms with Crippen molar-refractivity contribution < 1.29 is 19.0 Å². The van der Waals surface area contributed by atoms with Gasteiger partial charge in [0, 0.05) is 12.1 Å². The van der Waals surface area contributed by atoms with E-state index in [1.54, 1.807) is 18.2 Å². The first-order chi connectivity index (χ1) is 11.1. The molecule has 0 aliphatic carbocycles. The fraction of sp³-hybridized carbons (Fsp3) is 0.529. The highest BCUT2D eigenvalue weighted by molar-refractivity contribution is 6.04. The number of amidine groups is 1. The Kier molecular flexibility index (Phi) is 6.26. The van der Waals surface area contributed by atoms with Gasteiger partial charge in [-0.05, 0) is 30.5 Å². The first-order valence-electron chi connectivity index (χ1n) is 7.98. The Balaban J connectivity index is 2.02. The van der Waals surface area contributed by atoms with E-state index in [1.165, 1.54) is 0 Å². The Bertz CT molecular complexity index is 570. The van der Waals surface area contributed by atoms with Crippen molar-refractivity contribution in [1.29, 1.82) is 0 Å². The molecular weight excluding hydrogens is 296 g/mol. The summed E-state index contributed by atoms with van der Waals surface area (Å²) in [5.74, 6) is 1.30. The molecule has 0 atom stereocenters. The molecule has 1 N–H and O–H groups in total. The molecule has 1 amide bonds. The Morgan fingerprint density at radius 2 is 2.13 bits per heavy atom. The second-order valence-corrected chi connectivity index (χ2v) is 5.77. The number of rotatable bonds is 6. The van der Waals surface area contributed by atoms with Gasteiger partial charge in [0.1, 0.15) is 0 Å². The molecule has 0 aromatic heterocycles. The predicted molar refractivity (Wildman–Crippen MR) is 88.0 cm³/mol. The van der Waals surface area contributed by atoms with E-state index < -0.39 is 0 Å². The van der Waals surface area contributed by atoms with Gasteiger partial charge in [-0.3, -0.25) is 10.1 Å². The van der Waals surface area contributed by atoms with Gasteiger partial charge in [-0.2, -0.15) is 0 Å². The lowest BCUT2D eigenvalue weighted by atomic mass is 10.2. The highest BCUT2D eigenvalue weighted by Crippen LogP contribution is 2.32. The largest absolute Gasteiger partial charge is 0.465 e. The fourth-order valence-corrected chi connectivity index (χ4v) is 1.91. The van der Waals surface area contributed by atoms with E-state index in [0.717, 1.165) is 12.8 Å². The number of hydrogen-bond donors (Lipinski definition) is 1. The van der Waals surface area contributed by atoms with Gasteiger partial charge in [0.25, 0.3) is 11.9 Å². The topological polar surface area (TPSA) is 69.2 Å². The smallest absolute Gasteiger partial charge is 0.291 e. The zero-order valence-electron chi connectivity index (χ0n) is 13.9. The molecule has 1 aromatic carbocycles. The normalized spacial score (nSPS) is 13.3. The number of aliphatic imine (C=N–C) groups is 1. The van der Waals surface area contributed by atoms with Crippen LogP contribution in [0.3, 0.4) is 0 Å². The molecular formula is C17H24N2O4. The number of carbonyl (C=O) groups is 1. The van der Waals surface area contributed by atoms with Crippen LogP contribution in [0.4, 0.5) is 0 Å². The summed E-state index contributed by atoms with van der Waals surface area (Å²) in [6.45, 7) is 7.50. The molecule has 126 valence electrons. The zero-order chi connectivity index (χ0) is 16.7. The molecule has 0 unspecified atom stereocenters. The van der Waals surface area contributed by atoms with Crippen LogP contribution in [0.5, 0.6) is 11.5 Å². The van der Waals surface area contributed by atoms with Crippen molar-refractivity contribution in [3.8, 4) is 11.5 Å². The average Bonchev–Trinajstić information content (AvgIpc) is 2.99.